The Labute approximate surface area is 254 Å². The zero-order chi connectivity index (χ0) is 31.1. The molecule has 3 rings (SSSR count). The molecule has 0 aliphatic rings. The maximum atomic E-state index is 14.0. The van der Waals surface area contributed by atoms with Crippen LogP contribution in [-0.2, 0) is 21.2 Å². The summed E-state index contributed by atoms with van der Waals surface area (Å²) in [5, 5.41) is 18.2. The molecule has 1 heterocycles. The molecule has 0 aliphatic heterocycles. The van der Waals surface area contributed by atoms with Gasteiger partial charge in [0.1, 0.15) is 5.60 Å². The summed E-state index contributed by atoms with van der Waals surface area (Å²) < 4.78 is 35.4. The number of amides is 1. The van der Waals surface area contributed by atoms with Crippen molar-refractivity contribution in [3.8, 4) is 0 Å². The minimum absolute atomic E-state index is 0.00185. The van der Waals surface area contributed by atoms with E-state index in [-0.39, 0.29) is 23.9 Å². The summed E-state index contributed by atoms with van der Waals surface area (Å²) in [4.78, 5) is 19.5. The van der Waals surface area contributed by atoms with E-state index in [2.05, 4.69) is 20.5 Å². The van der Waals surface area contributed by atoms with Crippen LogP contribution in [0.25, 0.3) is 10.2 Å². The van der Waals surface area contributed by atoms with Crippen molar-refractivity contribution in [3.05, 3.63) is 54.1 Å². The average Bonchev–Trinajstić information content (AvgIpc) is 3.29. The summed E-state index contributed by atoms with van der Waals surface area (Å²) in [5.74, 6) is -0.00185. The van der Waals surface area contributed by atoms with Crippen LogP contribution in [0.5, 0.6) is 0 Å². The lowest BCUT2D eigenvalue weighted by Gasteiger charge is -2.31. The fourth-order valence-corrected chi connectivity index (χ4v) is 6.95. The van der Waals surface area contributed by atoms with Crippen LogP contribution in [0.15, 0.2) is 53.4 Å². The molecule has 0 saturated carbocycles. The van der Waals surface area contributed by atoms with E-state index in [1.165, 1.54) is 15.6 Å². The number of carbonyl (C=O) groups is 1. The molecule has 0 fully saturated rings. The summed E-state index contributed by atoms with van der Waals surface area (Å²) in [6.45, 7) is 10.7. The summed E-state index contributed by atoms with van der Waals surface area (Å²) in [5.41, 5.74) is 0.879. The maximum absolute atomic E-state index is 14.0. The highest BCUT2D eigenvalue weighted by Crippen LogP contribution is 2.29. The van der Waals surface area contributed by atoms with Crippen LogP contribution in [0, 0.1) is 5.92 Å². The van der Waals surface area contributed by atoms with Gasteiger partial charge in [0.25, 0.3) is 0 Å². The van der Waals surface area contributed by atoms with Crippen LogP contribution in [0.3, 0.4) is 0 Å². The summed E-state index contributed by atoms with van der Waals surface area (Å²) in [7, 11) is 0.00505. The first-order valence-electron chi connectivity index (χ1n) is 14.1. The lowest BCUT2D eigenvalue weighted by molar-refractivity contribution is 0.0400. The third-order valence-electron chi connectivity index (χ3n) is 6.26. The molecular weight excluding hydrogens is 574 g/mol. The van der Waals surface area contributed by atoms with Gasteiger partial charge in [-0.2, -0.15) is 4.31 Å². The normalized spacial score (nSPS) is 14.0. The number of anilines is 1. The first-order chi connectivity index (χ1) is 19.6. The third kappa shape index (κ3) is 10.2. The van der Waals surface area contributed by atoms with Crippen LogP contribution in [0.4, 0.5) is 9.93 Å². The highest BCUT2D eigenvalue weighted by atomic mass is 32.2. The standard InChI is InChI=1S/C30H45N5O5S2/c1-21(2)19-35(20-26(36)25(17-22-11-9-8-10-12-22)33-29(37)40-30(3,4)5)42(38,39)23-13-14-24-27(18-23)41-28(32-24)31-15-16-34(6)7/h8-14,18,21,25-26,36H,15-17,19-20H2,1-7H3,(H,31,32)(H,33,37)/t25-,26+/m0/s1. The molecule has 0 bridgehead atoms. The van der Waals surface area contributed by atoms with Gasteiger partial charge in [-0.15, -0.1) is 0 Å². The lowest BCUT2D eigenvalue weighted by atomic mass is 10.0. The Morgan fingerprint density at radius 1 is 1.10 bits per heavy atom. The first kappa shape index (κ1) is 33.7. The molecule has 12 heteroatoms. The van der Waals surface area contributed by atoms with Crippen molar-refractivity contribution in [1.82, 2.24) is 19.5 Å². The Morgan fingerprint density at radius 3 is 2.40 bits per heavy atom. The van der Waals surface area contributed by atoms with Crippen LogP contribution in [-0.4, -0.2) is 91.8 Å². The monoisotopic (exact) mass is 619 g/mol. The zero-order valence-corrected chi connectivity index (χ0v) is 27.3. The zero-order valence-electron chi connectivity index (χ0n) is 25.6. The van der Waals surface area contributed by atoms with Crippen molar-refractivity contribution < 1.29 is 23.1 Å². The quantitative estimate of drug-likeness (QED) is 0.242. The van der Waals surface area contributed by atoms with E-state index in [4.69, 9.17) is 4.74 Å². The van der Waals surface area contributed by atoms with Crippen molar-refractivity contribution >= 4 is 42.8 Å². The van der Waals surface area contributed by atoms with Crippen molar-refractivity contribution in [1.29, 1.82) is 0 Å². The molecule has 1 aromatic heterocycles. The molecule has 2 aromatic carbocycles. The molecule has 0 saturated heterocycles. The maximum Gasteiger partial charge on any atom is 0.407 e. The number of nitrogens with zero attached hydrogens (tertiary/aromatic N) is 3. The van der Waals surface area contributed by atoms with E-state index in [9.17, 15) is 18.3 Å². The van der Waals surface area contributed by atoms with Gasteiger partial charge >= 0.3 is 6.09 Å². The molecular formula is C30H45N5O5S2. The smallest absolute Gasteiger partial charge is 0.407 e. The van der Waals surface area contributed by atoms with Gasteiger partial charge in [0.15, 0.2) is 5.13 Å². The number of rotatable bonds is 14. The van der Waals surface area contributed by atoms with Gasteiger partial charge in [-0.1, -0.05) is 55.5 Å². The number of ether oxygens (including phenoxy) is 1. The van der Waals surface area contributed by atoms with Gasteiger partial charge in [-0.3, -0.25) is 0 Å². The Hall–Kier alpha value is -2.77. The predicted molar refractivity (Wildman–Crippen MR) is 170 cm³/mol. The molecule has 0 spiro atoms. The number of thiazole rings is 1. The number of aliphatic hydroxyl groups is 1. The van der Waals surface area contributed by atoms with Crippen LogP contribution in [0.1, 0.15) is 40.2 Å². The fourth-order valence-electron chi connectivity index (χ4n) is 4.30. The van der Waals surface area contributed by atoms with E-state index in [0.29, 0.717) is 11.9 Å². The number of likely N-dealkylation sites (N-methyl/N-ethyl adjacent to an activating group) is 1. The highest BCUT2D eigenvalue weighted by molar-refractivity contribution is 7.89. The van der Waals surface area contributed by atoms with Gasteiger partial charge in [-0.25, -0.2) is 18.2 Å². The second kappa shape index (κ2) is 14.6. The number of nitrogens with one attached hydrogen (secondary N) is 2. The number of carbonyl (C=O) groups excluding carboxylic acids is 1. The number of benzene rings is 2. The number of aliphatic hydroxyl groups excluding tert-OH is 1. The SMILES string of the molecule is CC(C)CN(C[C@@H](O)[C@H](Cc1ccccc1)NC(=O)OC(C)(C)C)S(=O)(=O)c1ccc2nc(NCCN(C)C)sc2c1. The second-order valence-electron chi connectivity index (χ2n) is 12.1. The second-order valence-corrected chi connectivity index (χ2v) is 15.1. The number of alkyl carbamates (subject to hydrolysis) is 1. The Balaban J connectivity index is 1.86. The van der Waals surface area contributed by atoms with Crippen LogP contribution < -0.4 is 10.6 Å². The largest absolute Gasteiger partial charge is 0.444 e. The molecule has 10 nitrogen and oxygen atoms in total. The van der Waals surface area contributed by atoms with Gasteiger partial charge in [0, 0.05) is 26.2 Å². The van der Waals surface area contributed by atoms with Crippen molar-refractivity contribution in [3.63, 3.8) is 0 Å². The Bertz CT molecular complexity index is 1400. The molecule has 1 amide bonds. The topological polar surface area (TPSA) is 124 Å². The minimum atomic E-state index is -3.98. The average molecular weight is 620 g/mol. The lowest BCUT2D eigenvalue weighted by Crippen LogP contribution is -2.51. The number of sulfonamides is 1. The number of hydrogen-bond acceptors (Lipinski definition) is 9. The van der Waals surface area contributed by atoms with E-state index in [1.54, 1.807) is 39.0 Å². The van der Waals surface area contributed by atoms with E-state index in [0.717, 1.165) is 28.5 Å². The molecule has 42 heavy (non-hydrogen) atoms. The molecule has 3 N–H and O–H groups in total. The van der Waals surface area contributed by atoms with Crippen molar-refractivity contribution in [2.24, 2.45) is 5.92 Å². The Kier molecular flexibility index (Phi) is 11.7. The summed E-state index contributed by atoms with van der Waals surface area (Å²) in [6.07, 6.45) is -1.58. The van der Waals surface area contributed by atoms with E-state index in [1.807, 2.05) is 58.3 Å². The van der Waals surface area contributed by atoms with Crippen LogP contribution >= 0.6 is 11.3 Å². The van der Waals surface area contributed by atoms with Crippen molar-refractivity contribution in [2.45, 2.75) is 63.7 Å². The predicted octanol–water partition coefficient (Wildman–Crippen LogP) is 4.41. The van der Waals surface area contributed by atoms with Gasteiger partial charge in [0.05, 0.1) is 27.3 Å². The molecule has 3 aromatic rings. The first-order valence-corrected chi connectivity index (χ1v) is 16.4. The van der Waals surface area contributed by atoms with E-state index >= 15 is 0 Å². The van der Waals surface area contributed by atoms with Crippen LogP contribution in [0.2, 0.25) is 0 Å². The number of hydrogen-bond donors (Lipinski definition) is 3. The third-order valence-corrected chi connectivity index (χ3v) is 9.06. The molecule has 0 unspecified atom stereocenters. The van der Waals surface area contributed by atoms with Crippen molar-refractivity contribution in [2.75, 3.05) is 45.6 Å². The minimum Gasteiger partial charge on any atom is -0.444 e. The number of aromatic nitrogens is 1. The van der Waals surface area contributed by atoms with Gasteiger partial charge < -0.3 is 25.4 Å². The summed E-state index contributed by atoms with van der Waals surface area (Å²) >= 11 is 1.40. The van der Waals surface area contributed by atoms with Gasteiger partial charge in [0.2, 0.25) is 10.0 Å². The van der Waals surface area contributed by atoms with E-state index < -0.39 is 33.9 Å². The summed E-state index contributed by atoms with van der Waals surface area (Å²) in [6, 6.07) is 13.5. The highest BCUT2D eigenvalue weighted by Gasteiger charge is 2.32. The molecule has 232 valence electrons. The van der Waals surface area contributed by atoms with Gasteiger partial charge in [-0.05, 0) is 71.0 Å². The Morgan fingerprint density at radius 2 is 1.79 bits per heavy atom. The number of fused-ring (bicyclic) bond motifs is 1. The molecule has 0 aliphatic carbocycles. The molecule has 2 atom stereocenters. The fraction of sp³-hybridized carbons (Fsp3) is 0.533. The molecule has 0 radical (unpaired) electrons.